The molecule has 11 rings (SSSR count). The topological polar surface area (TPSA) is 28.4 Å². The Labute approximate surface area is 328 Å². The van der Waals surface area contributed by atoms with Gasteiger partial charge >= 0.3 is 0 Å². The normalized spacial score (nSPS) is 17.2. The summed E-state index contributed by atoms with van der Waals surface area (Å²) in [5.41, 5.74) is 18.8. The number of nitrogens with zero attached hydrogens (tertiary/aromatic N) is 1. The van der Waals surface area contributed by atoms with E-state index in [1.807, 2.05) is 11.3 Å². The highest BCUT2D eigenvalue weighted by atomic mass is 32.1. The summed E-state index contributed by atoms with van der Waals surface area (Å²) in [6, 6.07) is 40.8. The molecule has 270 valence electrons. The van der Waals surface area contributed by atoms with E-state index in [0.717, 1.165) is 29.2 Å². The summed E-state index contributed by atoms with van der Waals surface area (Å²) in [5.74, 6) is 0. The molecule has 8 aromatic rings. The molecular weight excluding hydrogens is 687 g/mol. The molecule has 0 amide bonds. The molecule has 0 saturated heterocycles. The van der Waals surface area contributed by atoms with Crippen LogP contribution in [0.1, 0.15) is 82.2 Å². The van der Waals surface area contributed by atoms with Crippen LogP contribution in [0.3, 0.4) is 0 Å². The van der Waals surface area contributed by atoms with Gasteiger partial charge in [-0.15, -0.1) is 11.3 Å². The lowest BCUT2D eigenvalue weighted by molar-refractivity contribution is 0.332. The van der Waals surface area contributed by atoms with Crippen LogP contribution in [0.4, 0.5) is 27.8 Å². The van der Waals surface area contributed by atoms with Gasteiger partial charge in [-0.05, 0) is 105 Å². The first-order chi connectivity index (χ1) is 26.4. The van der Waals surface area contributed by atoms with Crippen molar-refractivity contribution in [3.05, 3.63) is 137 Å². The number of rotatable bonds is 2. The maximum atomic E-state index is 7.02. The number of para-hydroxylation sites is 3. The molecule has 4 heterocycles. The van der Waals surface area contributed by atoms with E-state index in [4.69, 9.17) is 4.42 Å². The van der Waals surface area contributed by atoms with Gasteiger partial charge in [0.2, 0.25) is 7.28 Å². The maximum absolute atomic E-state index is 7.02. The summed E-state index contributed by atoms with van der Waals surface area (Å²) in [7, 11) is 0.819. The van der Waals surface area contributed by atoms with E-state index in [1.165, 1.54) is 101 Å². The molecule has 6 aromatic carbocycles. The molecule has 5 heteroatoms. The van der Waals surface area contributed by atoms with Crippen LogP contribution in [0, 0.1) is 6.92 Å². The number of anilines is 5. The van der Waals surface area contributed by atoms with Crippen molar-refractivity contribution in [2.24, 2.45) is 0 Å². The van der Waals surface area contributed by atoms with Crippen molar-refractivity contribution in [2.75, 3.05) is 10.2 Å². The van der Waals surface area contributed by atoms with Crippen LogP contribution in [0.5, 0.6) is 0 Å². The molecular formula is C50H45BN2OS. The van der Waals surface area contributed by atoms with Crippen LogP contribution < -0.4 is 21.1 Å². The Morgan fingerprint density at radius 2 is 1.35 bits per heavy atom. The third-order valence-corrected chi connectivity index (χ3v) is 14.7. The van der Waals surface area contributed by atoms with Crippen molar-refractivity contribution < 1.29 is 4.42 Å². The van der Waals surface area contributed by atoms with Crippen molar-refractivity contribution in [3.63, 3.8) is 0 Å². The highest BCUT2D eigenvalue weighted by Gasteiger charge is 2.41. The van der Waals surface area contributed by atoms with Crippen molar-refractivity contribution in [2.45, 2.75) is 77.6 Å². The second kappa shape index (κ2) is 11.2. The fourth-order valence-electron chi connectivity index (χ4n) is 10.3. The van der Waals surface area contributed by atoms with E-state index in [1.54, 1.807) is 0 Å². The summed E-state index contributed by atoms with van der Waals surface area (Å²) >= 11 is 1.93. The first-order valence-electron chi connectivity index (χ1n) is 19.9. The molecule has 0 atom stereocenters. The summed E-state index contributed by atoms with van der Waals surface area (Å²) < 4.78 is 8.35. The Bertz CT molecular complexity index is 2940. The number of furan rings is 1. The number of benzene rings is 6. The maximum Gasteiger partial charge on any atom is 0.200 e. The van der Waals surface area contributed by atoms with Crippen LogP contribution in [-0.2, 0) is 16.2 Å². The van der Waals surface area contributed by atoms with Gasteiger partial charge in [-0.2, -0.15) is 0 Å². The van der Waals surface area contributed by atoms with Gasteiger partial charge in [0, 0.05) is 43.4 Å². The summed E-state index contributed by atoms with van der Waals surface area (Å²) in [4.78, 5) is 2.64. The quantitative estimate of drug-likeness (QED) is 0.179. The number of thiophene rings is 1. The van der Waals surface area contributed by atoms with E-state index < -0.39 is 0 Å². The smallest absolute Gasteiger partial charge is 0.200 e. The average molecular weight is 733 g/mol. The molecule has 2 aromatic heterocycles. The number of nitrogens with one attached hydrogen (secondary N) is 1. The Balaban J connectivity index is 1.27. The second-order valence-electron chi connectivity index (χ2n) is 18.1. The minimum absolute atomic E-state index is 0.0860. The first-order valence-corrected chi connectivity index (χ1v) is 20.7. The molecule has 0 saturated carbocycles. The van der Waals surface area contributed by atoms with E-state index in [9.17, 15) is 0 Å². The van der Waals surface area contributed by atoms with Gasteiger partial charge in [-0.3, -0.25) is 0 Å². The molecule has 0 spiro atoms. The van der Waals surface area contributed by atoms with Gasteiger partial charge in [0.1, 0.15) is 11.2 Å². The standard InChI is InChI=1S/C50H45BN2OS/c1-28-25-35-36(49(4,5)24-23-48(35,2)3)27-38(28)53-39-26-32-29-15-8-12-21-40(29)54-46(32)42(44(39)51-43-30-16-9-13-22-41(30)55-47(43)53)31-17-14-19-34-45(31)52-37-20-11-10-18-33(37)50(34,6)7/h8-22,25-27,51-52H,23-24H2,1-7H3. The van der Waals surface area contributed by atoms with Crippen LogP contribution in [0.25, 0.3) is 43.2 Å². The largest absolute Gasteiger partial charge is 0.455 e. The number of aryl methyl sites for hydroxylation is 1. The van der Waals surface area contributed by atoms with Crippen LogP contribution in [-0.4, -0.2) is 7.28 Å². The van der Waals surface area contributed by atoms with Gasteiger partial charge in [0.15, 0.2) is 0 Å². The van der Waals surface area contributed by atoms with E-state index in [0.29, 0.717) is 0 Å². The van der Waals surface area contributed by atoms with E-state index in [-0.39, 0.29) is 16.2 Å². The minimum Gasteiger partial charge on any atom is -0.455 e. The molecule has 55 heavy (non-hydrogen) atoms. The van der Waals surface area contributed by atoms with Crippen LogP contribution >= 0.6 is 11.3 Å². The first kappa shape index (κ1) is 33.1. The highest BCUT2D eigenvalue weighted by molar-refractivity contribution is 7.25. The Kier molecular flexibility index (Phi) is 6.72. The predicted octanol–water partition coefficient (Wildman–Crippen LogP) is 12.7. The molecule has 3 aliphatic rings. The minimum atomic E-state index is -0.182. The fourth-order valence-corrected chi connectivity index (χ4v) is 11.5. The van der Waals surface area contributed by atoms with Gasteiger partial charge in [-0.25, -0.2) is 0 Å². The lowest BCUT2D eigenvalue weighted by Gasteiger charge is -2.43. The third kappa shape index (κ3) is 4.57. The molecule has 1 aliphatic carbocycles. The zero-order valence-corrected chi connectivity index (χ0v) is 33.6. The van der Waals surface area contributed by atoms with Gasteiger partial charge in [-0.1, -0.05) is 120 Å². The zero-order valence-electron chi connectivity index (χ0n) is 32.8. The SMILES string of the molecule is Cc1cc2c(cc1N1c3cc4c(oc5ccccc54)c(-c4cccc5c4Nc4ccccc4C5(C)C)c3Bc3c1sc1ccccc31)C(C)(C)CCC2(C)C. The molecule has 2 aliphatic heterocycles. The molecule has 0 fully saturated rings. The van der Waals surface area contributed by atoms with Gasteiger partial charge in [0.25, 0.3) is 0 Å². The fraction of sp³-hybridized carbons (Fsp3) is 0.240. The molecule has 1 N–H and O–H groups in total. The van der Waals surface area contributed by atoms with Crippen LogP contribution in [0.15, 0.2) is 114 Å². The zero-order chi connectivity index (χ0) is 37.6. The number of hydrogen-bond donors (Lipinski definition) is 1. The molecule has 0 bridgehead atoms. The third-order valence-electron chi connectivity index (χ3n) is 13.5. The summed E-state index contributed by atoms with van der Waals surface area (Å²) in [5, 5.41) is 8.94. The predicted molar refractivity (Wildman–Crippen MR) is 238 cm³/mol. The lowest BCUT2D eigenvalue weighted by atomic mass is 9.58. The van der Waals surface area contributed by atoms with Crippen molar-refractivity contribution >= 4 is 89.3 Å². The highest BCUT2D eigenvalue weighted by Crippen LogP contribution is 2.54. The summed E-state index contributed by atoms with van der Waals surface area (Å²) in [6.07, 6.45) is 2.38. The monoisotopic (exact) mass is 732 g/mol. The Morgan fingerprint density at radius 3 is 2.16 bits per heavy atom. The summed E-state index contributed by atoms with van der Waals surface area (Å²) in [6.45, 7) is 16.8. The van der Waals surface area contributed by atoms with E-state index >= 15 is 0 Å². The Hall–Kier alpha value is -5.26. The van der Waals surface area contributed by atoms with E-state index in [2.05, 4.69) is 168 Å². The van der Waals surface area contributed by atoms with Crippen molar-refractivity contribution in [1.82, 2.24) is 0 Å². The molecule has 0 radical (unpaired) electrons. The number of hydrogen-bond acceptors (Lipinski definition) is 4. The molecule has 3 nitrogen and oxygen atoms in total. The average Bonchev–Trinajstić information content (AvgIpc) is 3.73. The van der Waals surface area contributed by atoms with Gasteiger partial charge in [0.05, 0.1) is 16.4 Å². The van der Waals surface area contributed by atoms with Crippen LogP contribution in [0.2, 0.25) is 0 Å². The number of fused-ring (bicyclic) bond motifs is 10. The van der Waals surface area contributed by atoms with Gasteiger partial charge < -0.3 is 14.6 Å². The second-order valence-corrected chi connectivity index (χ2v) is 19.1. The van der Waals surface area contributed by atoms with Crippen molar-refractivity contribution in [3.8, 4) is 11.1 Å². The van der Waals surface area contributed by atoms with Crippen molar-refractivity contribution in [1.29, 1.82) is 0 Å². The lowest BCUT2D eigenvalue weighted by Crippen LogP contribution is -2.40. The molecule has 0 unspecified atom stereocenters. The Morgan fingerprint density at radius 1 is 0.655 bits per heavy atom.